The molecule has 1 amide bonds. The van der Waals surface area contributed by atoms with Crippen LogP contribution >= 0.6 is 0 Å². The second kappa shape index (κ2) is 5.49. The van der Waals surface area contributed by atoms with Gasteiger partial charge in [0.15, 0.2) is 0 Å². The second-order valence-electron chi connectivity index (χ2n) is 3.82. The van der Waals surface area contributed by atoms with Crippen LogP contribution in [0, 0.1) is 5.82 Å². The van der Waals surface area contributed by atoms with Crippen LogP contribution in [0.25, 0.3) is 0 Å². The third-order valence-corrected chi connectivity index (χ3v) is 2.03. The lowest BCUT2D eigenvalue weighted by Crippen LogP contribution is -2.30. The highest BCUT2D eigenvalue weighted by atomic mass is 19.1. The molecule has 88 valence electrons. The maximum atomic E-state index is 13.5. The summed E-state index contributed by atoms with van der Waals surface area (Å²) in [5.74, 6) is -0.663. The normalized spacial score (nSPS) is 10.3. The number of benzene rings is 1. The van der Waals surface area contributed by atoms with Crippen molar-refractivity contribution in [3.8, 4) is 0 Å². The minimum Gasteiger partial charge on any atom is -0.382 e. The SMILES string of the molecule is CCNc1c(F)cccc1C(=O)NC(C)C. The van der Waals surface area contributed by atoms with Crippen molar-refractivity contribution in [1.82, 2.24) is 5.32 Å². The summed E-state index contributed by atoms with van der Waals surface area (Å²) in [6.45, 7) is 6.16. The van der Waals surface area contributed by atoms with Crippen LogP contribution in [0.2, 0.25) is 0 Å². The molecule has 1 rings (SSSR count). The van der Waals surface area contributed by atoms with Gasteiger partial charge in [0.05, 0.1) is 11.3 Å². The Hall–Kier alpha value is -1.58. The highest BCUT2D eigenvalue weighted by Gasteiger charge is 2.14. The maximum Gasteiger partial charge on any atom is 0.253 e. The topological polar surface area (TPSA) is 41.1 Å². The predicted molar refractivity (Wildman–Crippen MR) is 63.2 cm³/mol. The number of carbonyl (C=O) groups excluding carboxylic acids is 1. The Morgan fingerprint density at radius 3 is 2.69 bits per heavy atom. The van der Waals surface area contributed by atoms with Crippen molar-refractivity contribution in [3.05, 3.63) is 29.6 Å². The summed E-state index contributed by atoms with van der Waals surface area (Å²) in [5.41, 5.74) is 0.610. The highest BCUT2D eigenvalue weighted by molar-refractivity contribution is 5.99. The van der Waals surface area contributed by atoms with Gasteiger partial charge in [-0.3, -0.25) is 4.79 Å². The molecule has 0 aliphatic rings. The molecule has 0 spiro atoms. The van der Waals surface area contributed by atoms with Crippen molar-refractivity contribution >= 4 is 11.6 Å². The molecule has 0 aromatic heterocycles. The van der Waals surface area contributed by atoms with E-state index in [9.17, 15) is 9.18 Å². The lowest BCUT2D eigenvalue weighted by molar-refractivity contribution is 0.0943. The first-order valence-corrected chi connectivity index (χ1v) is 5.39. The van der Waals surface area contributed by atoms with Crippen molar-refractivity contribution in [2.45, 2.75) is 26.8 Å². The number of carbonyl (C=O) groups is 1. The number of rotatable bonds is 4. The molecule has 0 unspecified atom stereocenters. The molecule has 0 aliphatic carbocycles. The quantitative estimate of drug-likeness (QED) is 0.824. The fraction of sp³-hybridized carbons (Fsp3) is 0.417. The summed E-state index contributed by atoms with van der Waals surface area (Å²) in [7, 11) is 0. The molecule has 0 saturated carbocycles. The second-order valence-corrected chi connectivity index (χ2v) is 3.82. The van der Waals surface area contributed by atoms with Crippen molar-refractivity contribution < 1.29 is 9.18 Å². The van der Waals surface area contributed by atoms with E-state index in [1.807, 2.05) is 20.8 Å². The minimum absolute atomic E-state index is 0.0326. The molecular weight excluding hydrogens is 207 g/mol. The molecular formula is C12H17FN2O. The molecule has 0 radical (unpaired) electrons. The van der Waals surface area contributed by atoms with E-state index in [4.69, 9.17) is 0 Å². The van der Waals surface area contributed by atoms with E-state index in [2.05, 4.69) is 10.6 Å². The smallest absolute Gasteiger partial charge is 0.253 e. The van der Waals surface area contributed by atoms with Gasteiger partial charge in [-0.15, -0.1) is 0 Å². The van der Waals surface area contributed by atoms with Crippen LogP contribution in [0.1, 0.15) is 31.1 Å². The number of anilines is 1. The number of hydrogen-bond acceptors (Lipinski definition) is 2. The minimum atomic E-state index is -0.404. The fourth-order valence-corrected chi connectivity index (χ4v) is 1.41. The van der Waals surface area contributed by atoms with Gasteiger partial charge in [0.2, 0.25) is 0 Å². The number of amides is 1. The first-order chi connectivity index (χ1) is 7.56. The molecule has 0 atom stereocenters. The molecule has 0 bridgehead atoms. The van der Waals surface area contributed by atoms with Crippen molar-refractivity contribution in [3.63, 3.8) is 0 Å². The van der Waals surface area contributed by atoms with E-state index >= 15 is 0 Å². The van der Waals surface area contributed by atoms with E-state index in [1.165, 1.54) is 12.1 Å². The number of halogens is 1. The maximum absolute atomic E-state index is 13.5. The number of para-hydroxylation sites is 1. The lowest BCUT2D eigenvalue weighted by Gasteiger charge is -2.13. The van der Waals surface area contributed by atoms with Crippen molar-refractivity contribution in [1.29, 1.82) is 0 Å². The molecule has 0 heterocycles. The highest BCUT2D eigenvalue weighted by Crippen LogP contribution is 2.19. The molecule has 4 heteroatoms. The summed E-state index contributed by atoms with van der Waals surface area (Å²) in [5, 5.41) is 5.60. The standard InChI is InChI=1S/C12H17FN2O/c1-4-14-11-9(6-5-7-10(11)13)12(16)15-8(2)3/h5-8,14H,4H2,1-3H3,(H,15,16). The Morgan fingerprint density at radius 1 is 1.44 bits per heavy atom. The summed E-state index contributed by atoms with van der Waals surface area (Å²) in [6, 6.07) is 4.51. The van der Waals surface area contributed by atoms with E-state index < -0.39 is 5.82 Å². The Bertz CT molecular complexity index is 377. The summed E-state index contributed by atoms with van der Waals surface area (Å²) in [6.07, 6.45) is 0. The van der Waals surface area contributed by atoms with Gasteiger partial charge in [0, 0.05) is 12.6 Å². The Kier molecular flexibility index (Phi) is 4.28. The summed E-state index contributed by atoms with van der Waals surface area (Å²) >= 11 is 0. The van der Waals surface area contributed by atoms with Gasteiger partial charge in [-0.25, -0.2) is 4.39 Å². The Labute approximate surface area is 95.0 Å². The molecule has 0 aliphatic heterocycles. The molecule has 0 saturated heterocycles. The van der Waals surface area contributed by atoms with Gasteiger partial charge in [-0.05, 0) is 32.9 Å². The van der Waals surface area contributed by atoms with Gasteiger partial charge in [-0.1, -0.05) is 6.07 Å². The van der Waals surface area contributed by atoms with Crippen LogP contribution in [0.3, 0.4) is 0 Å². The third-order valence-electron chi connectivity index (χ3n) is 2.03. The number of nitrogens with one attached hydrogen (secondary N) is 2. The van der Waals surface area contributed by atoms with E-state index in [0.29, 0.717) is 12.1 Å². The van der Waals surface area contributed by atoms with Gasteiger partial charge in [0.1, 0.15) is 5.82 Å². The molecule has 1 aromatic carbocycles. The molecule has 2 N–H and O–H groups in total. The van der Waals surface area contributed by atoms with Gasteiger partial charge >= 0.3 is 0 Å². The molecule has 3 nitrogen and oxygen atoms in total. The summed E-state index contributed by atoms with van der Waals surface area (Å²) < 4.78 is 13.5. The zero-order valence-corrected chi connectivity index (χ0v) is 9.80. The third kappa shape index (κ3) is 2.95. The average molecular weight is 224 g/mol. The van der Waals surface area contributed by atoms with Crippen molar-refractivity contribution in [2.24, 2.45) is 0 Å². The van der Waals surface area contributed by atoms with Crippen LogP contribution < -0.4 is 10.6 Å². The largest absolute Gasteiger partial charge is 0.382 e. The van der Waals surface area contributed by atoms with Crippen LogP contribution in [0.5, 0.6) is 0 Å². The van der Waals surface area contributed by atoms with E-state index in [-0.39, 0.29) is 17.6 Å². The lowest BCUT2D eigenvalue weighted by atomic mass is 10.1. The van der Waals surface area contributed by atoms with Crippen molar-refractivity contribution in [2.75, 3.05) is 11.9 Å². The summed E-state index contributed by atoms with van der Waals surface area (Å²) in [4.78, 5) is 11.8. The van der Waals surface area contributed by atoms with Crippen LogP contribution in [0.4, 0.5) is 10.1 Å². The monoisotopic (exact) mass is 224 g/mol. The molecule has 1 aromatic rings. The Morgan fingerprint density at radius 2 is 2.12 bits per heavy atom. The van der Waals surface area contributed by atoms with Gasteiger partial charge in [0.25, 0.3) is 5.91 Å². The van der Waals surface area contributed by atoms with E-state index in [1.54, 1.807) is 6.07 Å². The van der Waals surface area contributed by atoms with Gasteiger partial charge < -0.3 is 10.6 Å². The first-order valence-electron chi connectivity index (χ1n) is 5.39. The Balaban J connectivity index is 3.02. The van der Waals surface area contributed by atoms with E-state index in [0.717, 1.165) is 0 Å². The predicted octanol–water partition coefficient (Wildman–Crippen LogP) is 2.40. The fourth-order valence-electron chi connectivity index (χ4n) is 1.41. The molecule has 0 fully saturated rings. The zero-order valence-electron chi connectivity index (χ0n) is 9.80. The number of hydrogen-bond donors (Lipinski definition) is 2. The van der Waals surface area contributed by atoms with Crippen LogP contribution in [0.15, 0.2) is 18.2 Å². The molecule has 16 heavy (non-hydrogen) atoms. The zero-order chi connectivity index (χ0) is 12.1. The van der Waals surface area contributed by atoms with Crippen LogP contribution in [-0.4, -0.2) is 18.5 Å². The van der Waals surface area contributed by atoms with Crippen LogP contribution in [-0.2, 0) is 0 Å². The average Bonchev–Trinajstić information content (AvgIpc) is 2.20. The first kappa shape index (κ1) is 12.5. The van der Waals surface area contributed by atoms with Gasteiger partial charge in [-0.2, -0.15) is 0 Å².